The summed E-state index contributed by atoms with van der Waals surface area (Å²) in [7, 11) is 1.91. The molecule has 2 aromatic heterocycles. The fourth-order valence-electron chi connectivity index (χ4n) is 3.87. The molecule has 0 atom stereocenters. The van der Waals surface area contributed by atoms with Crippen molar-refractivity contribution >= 4 is 28.0 Å². The highest BCUT2D eigenvalue weighted by atomic mass is 19.1. The Balaban J connectivity index is 1.27. The summed E-state index contributed by atoms with van der Waals surface area (Å²) in [6, 6.07) is 12.5. The minimum atomic E-state index is -0.297. The van der Waals surface area contributed by atoms with Crippen molar-refractivity contribution in [1.29, 1.82) is 0 Å². The van der Waals surface area contributed by atoms with Crippen molar-refractivity contribution in [3.05, 3.63) is 59.9 Å². The van der Waals surface area contributed by atoms with Gasteiger partial charge in [-0.15, -0.1) is 0 Å². The van der Waals surface area contributed by atoms with Crippen LogP contribution in [-0.4, -0.2) is 31.6 Å². The van der Waals surface area contributed by atoms with Crippen molar-refractivity contribution in [2.45, 2.75) is 31.7 Å². The third-order valence-electron chi connectivity index (χ3n) is 5.53. The topological polar surface area (TPSA) is 64.7 Å². The summed E-state index contributed by atoms with van der Waals surface area (Å²) in [5.74, 6) is 1.96. The quantitative estimate of drug-likeness (QED) is 0.549. The highest BCUT2D eigenvalue weighted by molar-refractivity contribution is 5.81. The molecule has 1 saturated carbocycles. The Bertz CT molecular complexity index is 1220. The van der Waals surface area contributed by atoms with Gasteiger partial charge >= 0.3 is 0 Å². The van der Waals surface area contributed by atoms with Gasteiger partial charge in [-0.05, 0) is 37.1 Å². The number of nitrogens with zero attached hydrogens (tertiary/aromatic N) is 4. The van der Waals surface area contributed by atoms with Gasteiger partial charge in [0.05, 0.1) is 22.1 Å². The molecule has 5 rings (SSSR count). The number of fused-ring (bicyclic) bond motifs is 2. The van der Waals surface area contributed by atoms with Crippen LogP contribution in [0.3, 0.4) is 0 Å². The zero-order valence-corrected chi connectivity index (χ0v) is 16.2. The highest BCUT2D eigenvalue weighted by Gasteiger charge is 2.30. The second-order valence-electron chi connectivity index (χ2n) is 7.64. The average molecular weight is 391 g/mol. The average Bonchev–Trinajstić information content (AvgIpc) is 3.43. The SMILES string of the molecule is Cn1c(CCNC(=O)Cn2c(C3CC3)nc3ccccc32)nc2cc(F)ccc21. The number of carbonyl (C=O) groups is 1. The lowest BCUT2D eigenvalue weighted by atomic mass is 10.3. The molecule has 1 fully saturated rings. The van der Waals surface area contributed by atoms with Crippen LogP contribution < -0.4 is 5.32 Å². The number of nitrogens with one attached hydrogen (secondary N) is 1. The van der Waals surface area contributed by atoms with Crippen LogP contribution in [0.5, 0.6) is 0 Å². The van der Waals surface area contributed by atoms with Crippen LogP contribution in [0, 0.1) is 5.82 Å². The maximum absolute atomic E-state index is 13.4. The molecule has 1 amide bonds. The van der Waals surface area contributed by atoms with Crippen LogP contribution >= 0.6 is 0 Å². The van der Waals surface area contributed by atoms with Crippen molar-refractivity contribution in [2.75, 3.05) is 6.54 Å². The van der Waals surface area contributed by atoms with E-state index >= 15 is 0 Å². The lowest BCUT2D eigenvalue weighted by Gasteiger charge is -2.10. The first-order valence-electron chi connectivity index (χ1n) is 9.93. The molecule has 29 heavy (non-hydrogen) atoms. The predicted octanol–water partition coefficient (Wildman–Crippen LogP) is 3.30. The van der Waals surface area contributed by atoms with E-state index in [9.17, 15) is 9.18 Å². The standard InChI is InChI=1S/C22H22FN5O/c1-27-18-9-8-15(23)12-17(18)25-20(27)10-11-24-21(29)13-28-19-5-3-2-4-16(19)26-22(28)14-6-7-14/h2-5,8-9,12,14H,6-7,10-11,13H2,1H3,(H,24,29). The van der Waals surface area contributed by atoms with Crippen LogP contribution in [0.25, 0.3) is 22.1 Å². The lowest BCUT2D eigenvalue weighted by Crippen LogP contribution is -2.30. The summed E-state index contributed by atoms with van der Waals surface area (Å²) in [4.78, 5) is 21.8. The minimum absolute atomic E-state index is 0.0418. The number of carbonyl (C=O) groups excluding carboxylic acids is 1. The second kappa shape index (κ2) is 6.99. The van der Waals surface area contributed by atoms with Gasteiger partial charge in [-0.3, -0.25) is 4.79 Å². The van der Waals surface area contributed by atoms with E-state index in [0.29, 0.717) is 24.4 Å². The smallest absolute Gasteiger partial charge is 0.240 e. The van der Waals surface area contributed by atoms with Gasteiger partial charge in [0.2, 0.25) is 5.91 Å². The van der Waals surface area contributed by atoms with Crippen molar-refractivity contribution in [3.8, 4) is 0 Å². The number of aromatic nitrogens is 4. The Morgan fingerprint density at radius 1 is 1.14 bits per heavy atom. The third kappa shape index (κ3) is 3.37. The van der Waals surface area contributed by atoms with Gasteiger partial charge in [0.25, 0.3) is 0 Å². The fourth-order valence-corrected chi connectivity index (χ4v) is 3.87. The highest BCUT2D eigenvalue weighted by Crippen LogP contribution is 2.40. The van der Waals surface area contributed by atoms with Gasteiger partial charge in [-0.1, -0.05) is 12.1 Å². The molecule has 0 unspecified atom stereocenters. The Labute approximate surface area is 167 Å². The van der Waals surface area contributed by atoms with Crippen molar-refractivity contribution < 1.29 is 9.18 Å². The monoisotopic (exact) mass is 391 g/mol. The molecule has 2 aromatic carbocycles. The largest absolute Gasteiger partial charge is 0.354 e. The Morgan fingerprint density at radius 2 is 1.97 bits per heavy atom. The van der Waals surface area contributed by atoms with E-state index in [0.717, 1.165) is 41.0 Å². The Hall–Kier alpha value is -3.22. The number of halogens is 1. The molecule has 4 aromatic rings. The molecule has 1 aliphatic carbocycles. The molecule has 1 aliphatic rings. The molecule has 7 heteroatoms. The van der Waals surface area contributed by atoms with Crippen LogP contribution in [0.15, 0.2) is 42.5 Å². The number of hydrogen-bond donors (Lipinski definition) is 1. The fraction of sp³-hybridized carbons (Fsp3) is 0.318. The lowest BCUT2D eigenvalue weighted by molar-refractivity contribution is -0.121. The first-order chi connectivity index (χ1) is 14.1. The summed E-state index contributed by atoms with van der Waals surface area (Å²) in [6.45, 7) is 0.740. The first-order valence-corrected chi connectivity index (χ1v) is 9.93. The molecular weight excluding hydrogens is 369 g/mol. The van der Waals surface area contributed by atoms with Crippen LogP contribution in [0.2, 0.25) is 0 Å². The van der Waals surface area contributed by atoms with E-state index in [1.807, 2.05) is 40.4 Å². The summed E-state index contributed by atoms with van der Waals surface area (Å²) >= 11 is 0. The van der Waals surface area contributed by atoms with E-state index < -0.39 is 0 Å². The van der Waals surface area contributed by atoms with Crippen LogP contribution in [-0.2, 0) is 24.8 Å². The number of hydrogen-bond acceptors (Lipinski definition) is 3. The maximum atomic E-state index is 13.4. The second-order valence-corrected chi connectivity index (χ2v) is 7.64. The first kappa shape index (κ1) is 17.8. The van der Waals surface area contributed by atoms with Crippen molar-refractivity contribution in [1.82, 2.24) is 24.4 Å². The van der Waals surface area contributed by atoms with Gasteiger partial charge in [0.15, 0.2) is 0 Å². The summed E-state index contributed by atoms with van der Waals surface area (Å²) in [6.07, 6.45) is 2.86. The molecule has 6 nitrogen and oxygen atoms in total. The van der Waals surface area contributed by atoms with Gasteiger partial charge in [0.1, 0.15) is 24.0 Å². The van der Waals surface area contributed by atoms with Crippen LogP contribution in [0.1, 0.15) is 30.4 Å². The molecule has 1 N–H and O–H groups in total. The molecule has 0 spiro atoms. The molecular formula is C22H22FN5O. The number of benzene rings is 2. The normalized spacial score (nSPS) is 14.0. The van der Waals surface area contributed by atoms with E-state index in [2.05, 4.69) is 10.3 Å². The predicted molar refractivity (Wildman–Crippen MR) is 109 cm³/mol. The number of para-hydroxylation sites is 2. The van der Waals surface area contributed by atoms with E-state index in [1.54, 1.807) is 6.07 Å². The zero-order valence-electron chi connectivity index (χ0n) is 16.2. The summed E-state index contributed by atoms with van der Waals surface area (Å²) < 4.78 is 17.4. The number of amides is 1. The Kier molecular flexibility index (Phi) is 4.30. The van der Waals surface area contributed by atoms with E-state index in [1.165, 1.54) is 12.1 Å². The van der Waals surface area contributed by atoms with Crippen molar-refractivity contribution in [2.24, 2.45) is 7.05 Å². The van der Waals surface area contributed by atoms with Gasteiger partial charge in [-0.2, -0.15) is 0 Å². The zero-order chi connectivity index (χ0) is 20.0. The van der Waals surface area contributed by atoms with Gasteiger partial charge in [-0.25, -0.2) is 14.4 Å². The molecule has 0 aliphatic heterocycles. The van der Waals surface area contributed by atoms with E-state index in [-0.39, 0.29) is 18.3 Å². The summed E-state index contributed by atoms with van der Waals surface area (Å²) in [5, 5.41) is 2.99. The van der Waals surface area contributed by atoms with Gasteiger partial charge < -0.3 is 14.5 Å². The molecule has 0 radical (unpaired) electrons. The van der Waals surface area contributed by atoms with Crippen molar-refractivity contribution in [3.63, 3.8) is 0 Å². The van der Waals surface area contributed by atoms with Gasteiger partial charge in [0, 0.05) is 32.0 Å². The number of rotatable bonds is 6. The minimum Gasteiger partial charge on any atom is -0.354 e. The molecule has 148 valence electrons. The van der Waals surface area contributed by atoms with Crippen LogP contribution in [0.4, 0.5) is 4.39 Å². The molecule has 0 bridgehead atoms. The number of aryl methyl sites for hydroxylation is 1. The summed E-state index contributed by atoms with van der Waals surface area (Å²) in [5.41, 5.74) is 3.45. The number of imidazole rings is 2. The maximum Gasteiger partial charge on any atom is 0.240 e. The van der Waals surface area contributed by atoms with E-state index in [4.69, 9.17) is 4.98 Å². The third-order valence-corrected chi connectivity index (χ3v) is 5.53. The molecule has 2 heterocycles. The Morgan fingerprint density at radius 3 is 2.79 bits per heavy atom. The molecule has 0 saturated heterocycles.